The monoisotopic (exact) mass is 422 g/mol. The lowest BCUT2D eigenvalue weighted by Crippen LogP contribution is -2.24. The summed E-state index contributed by atoms with van der Waals surface area (Å²) in [5.41, 5.74) is 3.06. The smallest absolute Gasteiger partial charge is 0.277 e. The van der Waals surface area contributed by atoms with E-state index >= 15 is 0 Å². The highest BCUT2D eigenvalue weighted by molar-refractivity contribution is 6.36. The fourth-order valence-corrected chi connectivity index (χ4v) is 2.84. The van der Waals surface area contributed by atoms with Crippen molar-refractivity contribution >= 4 is 46.9 Å². The Hall–Kier alpha value is -2.47. The summed E-state index contributed by atoms with van der Waals surface area (Å²) in [7, 11) is 0. The average Bonchev–Trinajstić information content (AvgIpc) is 3.08. The maximum Gasteiger partial charge on any atom is 0.277 e. The fourth-order valence-electron chi connectivity index (χ4n) is 2.16. The van der Waals surface area contributed by atoms with E-state index in [-0.39, 0.29) is 6.61 Å². The van der Waals surface area contributed by atoms with E-state index < -0.39 is 5.91 Å². The van der Waals surface area contributed by atoms with Crippen LogP contribution in [0.25, 0.3) is 11.3 Å². The van der Waals surface area contributed by atoms with Gasteiger partial charge in [-0.2, -0.15) is 5.10 Å². The molecule has 3 aromatic rings. The molecule has 1 N–H and O–H groups in total. The van der Waals surface area contributed by atoms with E-state index in [1.165, 1.54) is 6.21 Å². The molecule has 2 aromatic carbocycles. The van der Waals surface area contributed by atoms with Gasteiger partial charge in [0.2, 0.25) is 0 Å². The Morgan fingerprint density at radius 1 is 1.07 bits per heavy atom. The number of benzene rings is 2. The van der Waals surface area contributed by atoms with Crippen LogP contribution in [0.1, 0.15) is 5.76 Å². The molecule has 1 heterocycles. The largest absolute Gasteiger partial charge is 0.484 e. The number of carbonyl (C=O) groups is 1. The first kappa shape index (κ1) is 19.3. The molecule has 1 amide bonds. The third-order valence-corrected chi connectivity index (χ3v) is 4.15. The van der Waals surface area contributed by atoms with Crippen molar-refractivity contribution in [3.63, 3.8) is 0 Å². The molecular weight excluding hydrogens is 411 g/mol. The second kappa shape index (κ2) is 8.95. The number of ether oxygens (including phenoxy) is 1. The summed E-state index contributed by atoms with van der Waals surface area (Å²) in [4.78, 5) is 11.8. The van der Waals surface area contributed by atoms with E-state index in [2.05, 4.69) is 10.5 Å². The number of nitrogens with one attached hydrogen (secondary N) is 1. The minimum atomic E-state index is -0.418. The number of nitrogens with zero attached hydrogens (tertiary/aromatic N) is 1. The molecule has 0 saturated carbocycles. The molecular formula is C19H13Cl3N2O3. The van der Waals surface area contributed by atoms with Crippen LogP contribution in [0.5, 0.6) is 5.75 Å². The Bertz CT molecular complexity index is 986. The van der Waals surface area contributed by atoms with Crippen LogP contribution in [0.2, 0.25) is 15.1 Å². The Labute approximate surface area is 170 Å². The van der Waals surface area contributed by atoms with Gasteiger partial charge in [0.15, 0.2) is 6.61 Å². The molecule has 138 valence electrons. The number of rotatable bonds is 6. The van der Waals surface area contributed by atoms with Crippen LogP contribution in [-0.2, 0) is 4.79 Å². The van der Waals surface area contributed by atoms with E-state index in [1.54, 1.807) is 54.6 Å². The molecule has 0 unspecified atom stereocenters. The van der Waals surface area contributed by atoms with E-state index in [1.807, 2.05) is 0 Å². The van der Waals surface area contributed by atoms with Crippen LogP contribution in [-0.4, -0.2) is 18.7 Å². The van der Waals surface area contributed by atoms with E-state index in [9.17, 15) is 4.79 Å². The van der Waals surface area contributed by atoms with Gasteiger partial charge in [-0.3, -0.25) is 4.79 Å². The van der Waals surface area contributed by atoms with Crippen molar-refractivity contribution in [3.05, 3.63) is 75.4 Å². The second-order valence-electron chi connectivity index (χ2n) is 5.37. The standard InChI is InChI=1S/C19H13Cl3N2O3/c20-12-2-1-3-14(8-12)26-11-19(25)24-23-10-15-5-7-18(27-15)16-6-4-13(21)9-17(16)22/h1-10H,11H2,(H,24,25)/b23-10-. The van der Waals surface area contributed by atoms with Crippen molar-refractivity contribution < 1.29 is 13.9 Å². The van der Waals surface area contributed by atoms with Gasteiger partial charge in [0.05, 0.1) is 11.2 Å². The van der Waals surface area contributed by atoms with Crippen LogP contribution in [0.3, 0.4) is 0 Å². The molecule has 5 nitrogen and oxygen atoms in total. The molecule has 0 aliphatic rings. The van der Waals surface area contributed by atoms with Gasteiger partial charge < -0.3 is 9.15 Å². The normalized spacial score (nSPS) is 10.9. The maximum atomic E-state index is 11.8. The minimum absolute atomic E-state index is 0.193. The third-order valence-electron chi connectivity index (χ3n) is 3.37. The highest BCUT2D eigenvalue weighted by Crippen LogP contribution is 2.31. The van der Waals surface area contributed by atoms with Gasteiger partial charge >= 0.3 is 0 Å². The summed E-state index contributed by atoms with van der Waals surface area (Å²) in [5.74, 6) is 1.09. The van der Waals surface area contributed by atoms with Crippen LogP contribution >= 0.6 is 34.8 Å². The summed E-state index contributed by atoms with van der Waals surface area (Å²) in [6.07, 6.45) is 1.38. The Morgan fingerprint density at radius 2 is 1.89 bits per heavy atom. The van der Waals surface area contributed by atoms with Gasteiger partial charge in [0.1, 0.15) is 17.3 Å². The van der Waals surface area contributed by atoms with Gasteiger partial charge in [-0.25, -0.2) is 5.43 Å². The highest BCUT2D eigenvalue weighted by atomic mass is 35.5. The van der Waals surface area contributed by atoms with Crippen molar-refractivity contribution in [1.29, 1.82) is 0 Å². The first-order chi connectivity index (χ1) is 13.0. The number of halogens is 3. The first-order valence-electron chi connectivity index (χ1n) is 7.77. The quantitative estimate of drug-likeness (QED) is 0.424. The van der Waals surface area contributed by atoms with Crippen molar-refractivity contribution in [2.75, 3.05) is 6.61 Å². The number of hydrogen-bond acceptors (Lipinski definition) is 4. The van der Waals surface area contributed by atoms with Crippen molar-refractivity contribution in [2.45, 2.75) is 0 Å². The van der Waals surface area contributed by atoms with Crippen LogP contribution in [0.15, 0.2) is 64.1 Å². The number of amides is 1. The summed E-state index contributed by atoms with van der Waals surface area (Å²) >= 11 is 17.9. The Morgan fingerprint density at radius 3 is 2.67 bits per heavy atom. The topological polar surface area (TPSA) is 63.8 Å². The lowest BCUT2D eigenvalue weighted by Gasteiger charge is -2.04. The Balaban J connectivity index is 1.54. The molecule has 0 bridgehead atoms. The van der Waals surface area contributed by atoms with Crippen LogP contribution < -0.4 is 10.2 Å². The van der Waals surface area contributed by atoms with Crippen molar-refractivity contribution in [2.24, 2.45) is 5.10 Å². The summed E-state index contributed by atoms with van der Waals surface area (Å²) in [5, 5.41) is 5.38. The molecule has 27 heavy (non-hydrogen) atoms. The van der Waals surface area contributed by atoms with Gasteiger partial charge in [-0.1, -0.05) is 40.9 Å². The number of hydrazone groups is 1. The molecule has 0 saturated heterocycles. The van der Waals surface area contributed by atoms with Crippen molar-refractivity contribution in [3.8, 4) is 17.1 Å². The molecule has 0 aliphatic heterocycles. The molecule has 0 fully saturated rings. The molecule has 1 aromatic heterocycles. The van der Waals surface area contributed by atoms with Gasteiger partial charge in [0.25, 0.3) is 5.91 Å². The third kappa shape index (κ3) is 5.50. The molecule has 0 atom stereocenters. The van der Waals surface area contributed by atoms with Crippen LogP contribution in [0, 0.1) is 0 Å². The number of hydrogen-bond donors (Lipinski definition) is 1. The van der Waals surface area contributed by atoms with Crippen LogP contribution in [0.4, 0.5) is 0 Å². The van der Waals surface area contributed by atoms with E-state index in [0.717, 1.165) is 0 Å². The summed E-state index contributed by atoms with van der Waals surface area (Å²) in [6.45, 7) is -0.193. The molecule has 0 aliphatic carbocycles. The zero-order valence-electron chi connectivity index (χ0n) is 13.8. The molecule has 3 rings (SSSR count). The van der Waals surface area contributed by atoms with Crippen molar-refractivity contribution in [1.82, 2.24) is 5.43 Å². The number of furan rings is 1. The zero-order chi connectivity index (χ0) is 19.2. The Kier molecular flexibility index (Phi) is 6.40. The van der Waals surface area contributed by atoms with Gasteiger partial charge in [-0.15, -0.1) is 0 Å². The van der Waals surface area contributed by atoms with Gasteiger partial charge in [0, 0.05) is 15.6 Å². The maximum absolute atomic E-state index is 11.8. The SMILES string of the molecule is O=C(COc1cccc(Cl)c1)N/N=C\c1ccc(-c2ccc(Cl)cc2Cl)o1. The van der Waals surface area contributed by atoms with Gasteiger partial charge in [-0.05, 0) is 48.5 Å². The lowest BCUT2D eigenvalue weighted by molar-refractivity contribution is -0.123. The molecule has 0 radical (unpaired) electrons. The fraction of sp³-hybridized carbons (Fsp3) is 0.0526. The number of carbonyl (C=O) groups excluding carboxylic acids is 1. The lowest BCUT2D eigenvalue weighted by atomic mass is 10.2. The molecule has 8 heteroatoms. The summed E-state index contributed by atoms with van der Waals surface area (Å²) < 4.78 is 11.0. The van der Waals surface area contributed by atoms with E-state index in [4.69, 9.17) is 44.0 Å². The average molecular weight is 424 g/mol. The zero-order valence-corrected chi connectivity index (χ0v) is 16.1. The molecule has 0 spiro atoms. The highest BCUT2D eigenvalue weighted by Gasteiger charge is 2.08. The predicted octanol–water partition coefficient (Wildman–Crippen LogP) is 5.44. The van der Waals surface area contributed by atoms with E-state index in [0.29, 0.717) is 37.9 Å². The second-order valence-corrected chi connectivity index (χ2v) is 6.65. The summed E-state index contributed by atoms with van der Waals surface area (Å²) in [6, 6.07) is 15.3. The first-order valence-corrected chi connectivity index (χ1v) is 8.90. The predicted molar refractivity (Wildman–Crippen MR) is 107 cm³/mol. The minimum Gasteiger partial charge on any atom is -0.484 e.